The molecule has 20 heavy (non-hydrogen) atoms. The molecule has 0 radical (unpaired) electrons. The average Bonchev–Trinajstić information content (AvgIpc) is 2.33. The van der Waals surface area contributed by atoms with Crippen molar-refractivity contribution in [3.63, 3.8) is 0 Å². The first-order valence-corrected chi connectivity index (χ1v) is 5.40. The summed E-state index contributed by atoms with van der Waals surface area (Å²) in [6.07, 6.45) is 0. The Balaban J connectivity index is 2.38. The number of carbonyl (C=O) groups is 1. The molecule has 7 heteroatoms. The number of halogens is 4. The first kappa shape index (κ1) is 13.9. The highest BCUT2D eigenvalue weighted by Crippen LogP contribution is 2.25. The van der Waals surface area contributed by atoms with E-state index >= 15 is 0 Å². The number of rotatable bonds is 2. The van der Waals surface area contributed by atoms with Crippen molar-refractivity contribution >= 4 is 17.3 Å². The lowest BCUT2D eigenvalue weighted by Gasteiger charge is -2.10. The monoisotopic (exact) mass is 284 g/mol. The molecular weight excluding hydrogens is 276 g/mol. The number of hydrogen-bond acceptors (Lipinski definition) is 2. The van der Waals surface area contributed by atoms with Gasteiger partial charge in [0, 0.05) is 6.07 Å². The van der Waals surface area contributed by atoms with Crippen LogP contribution in [0.2, 0.25) is 0 Å². The number of nitrogen functional groups attached to an aromatic ring is 1. The lowest BCUT2D eigenvalue weighted by molar-refractivity contribution is 0.101. The van der Waals surface area contributed by atoms with Crippen LogP contribution in [-0.2, 0) is 0 Å². The van der Waals surface area contributed by atoms with Gasteiger partial charge in [-0.2, -0.15) is 0 Å². The average molecular weight is 284 g/mol. The van der Waals surface area contributed by atoms with Gasteiger partial charge in [-0.05, 0) is 18.2 Å². The van der Waals surface area contributed by atoms with Crippen LogP contribution in [-0.4, -0.2) is 5.91 Å². The van der Waals surface area contributed by atoms with Crippen LogP contribution in [0, 0.1) is 23.3 Å². The van der Waals surface area contributed by atoms with Crippen LogP contribution in [0.15, 0.2) is 30.3 Å². The molecule has 0 fully saturated rings. The van der Waals surface area contributed by atoms with Crippen molar-refractivity contribution in [2.24, 2.45) is 0 Å². The van der Waals surface area contributed by atoms with E-state index in [-0.39, 0.29) is 0 Å². The second-order valence-electron chi connectivity index (χ2n) is 3.90. The Morgan fingerprint density at radius 2 is 1.60 bits per heavy atom. The third-order valence-electron chi connectivity index (χ3n) is 2.51. The summed E-state index contributed by atoms with van der Waals surface area (Å²) in [7, 11) is 0. The predicted molar refractivity (Wildman–Crippen MR) is 65.1 cm³/mol. The standard InChI is InChI=1S/C13H8F4N2O/c14-6-4-9(17)12(10(18)5-6)19-13(20)11-7(15)2-1-3-8(11)16/h1-5H,18H2,(H,19,20). The van der Waals surface area contributed by atoms with Gasteiger partial charge in [-0.3, -0.25) is 4.79 Å². The number of nitrogens with two attached hydrogens (primary N) is 1. The molecule has 0 atom stereocenters. The van der Waals surface area contributed by atoms with Crippen molar-refractivity contribution in [1.82, 2.24) is 0 Å². The first-order chi connectivity index (χ1) is 9.40. The molecule has 0 aliphatic rings. The summed E-state index contributed by atoms with van der Waals surface area (Å²) in [4.78, 5) is 11.7. The molecule has 0 aliphatic heterocycles. The van der Waals surface area contributed by atoms with Gasteiger partial charge in [-0.25, -0.2) is 17.6 Å². The lowest BCUT2D eigenvalue weighted by atomic mass is 10.1. The van der Waals surface area contributed by atoms with E-state index in [1.165, 1.54) is 0 Å². The van der Waals surface area contributed by atoms with Crippen molar-refractivity contribution in [1.29, 1.82) is 0 Å². The van der Waals surface area contributed by atoms with Crippen LogP contribution >= 0.6 is 0 Å². The molecule has 0 heterocycles. The fraction of sp³-hybridized carbons (Fsp3) is 0. The topological polar surface area (TPSA) is 55.1 Å². The minimum atomic E-state index is -1.22. The Morgan fingerprint density at radius 3 is 2.15 bits per heavy atom. The van der Waals surface area contributed by atoms with Crippen molar-refractivity contribution in [2.45, 2.75) is 0 Å². The normalized spacial score (nSPS) is 10.4. The molecule has 3 nitrogen and oxygen atoms in total. The molecule has 0 unspecified atom stereocenters. The van der Waals surface area contributed by atoms with Crippen LogP contribution in [0.5, 0.6) is 0 Å². The minimum absolute atomic E-state index is 0.396. The second-order valence-corrected chi connectivity index (χ2v) is 3.90. The van der Waals surface area contributed by atoms with Gasteiger partial charge in [-0.1, -0.05) is 6.07 Å². The van der Waals surface area contributed by atoms with E-state index in [2.05, 4.69) is 0 Å². The Kier molecular flexibility index (Phi) is 3.60. The van der Waals surface area contributed by atoms with Crippen LogP contribution in [0.3, 0.4) is 0 Å². The summed E-state index contributed by atoms with van der Waals surface area (Å²) in [6.45, 7) is 0. The molecule has 104 valence electrons. The predicted octanol–water partition coefficient (Wildman–Crippen LogP) is 3.08. The van der Waals surface area contributed by atoms with Crippen LogP contribution in [0.4, 0.5) is 28.9 Å². The SMILES string of the molecule is Nc1cc(F)cc(F)c1NC(=O)c1c(F)cccc1F. The van der Waals surface area contributed by atoms with Gasteiger partial charge >= 0.3 is 0 Å². The molecule has 2 rings (SSSR count). The molecule has 0 saturated heterocycles. The quantitative estimate of drug-likeness (QED) is 0.657. The number of amides is 1. The highest BCUT2D eigenvalue weighted by atomic mass is 19.1. The summed E-state index contributed by atoms with van der Waals surface area (Å²) in [6, 6.07) is 4.10. The Hall–Kier alpha value is -2.57. The maximum atomic E-state index is 13.5. The smallest absolute Gasteiger partial charge is 0.261 e. The van der Waals surface area contributed by atoms with Gasteiger partial charge in [-0.15, -0.1) is 0 Å². The third kappa shape index (κ3) is 2.56. The highest BCUT2D eigenvalue weighted by Gasteiger charge is 2.19. The van der Waals surface area contributed by atoms with Crippen LogP contribution in [0.1, 0.15) is 10.4 Å². The van der Waals surface area contributed by atoms with Gasteiger partial charge in [0.2, 0.25) is 0 Å². The largest absolute Gasteiger partial charge is 0.397 e. The number of benzene rings is 2. The van der Waals surface area contributed by atoms with E-state index in [0.29, 0.717) is 6.07 Å². The Labute approximate surface area is 111 Å². The molecule has 2 aromatic carbocycles. The molecule has 0 aliphatic carbocycles. The van der Waals surface area contributed by atoms with Crippen LogP contribution in [0.25, 0.3) is 0 Å². The van der Waals surface area contributed by atoms with E-state index in [1.54, 1.807) is 0 Å². The van der Waals surface area contributed by atoms with Gasteiger partial charge < -0.3 is 11.1 Å². The summed E-state index contributed by atoms with van der Waals surface area (Å²) in [5.74, 6) is -5.52. The van der Waals surface area contributed by atoms with Gasteiger partial charge in [0.05, 0.1) is 5.69 Å². The first-order valence-electron chi connectivity index (χ1n) is 5.40. The zero-order valence-electron chi connectivity index (χ0n) is 9.88. The summed E-state index contributed by atoms with van der Waals surface area (Å²) < 4.78 is 53.1. The maximum Gasteiger partial charge on any atom is 0.261 e. The van der Waals surface area contributed by atoms with Crippen molar-refractivity contribution < 1.29 is 22.4 Å². The van der Waals surface area contributed by atoms with Crippen molar-refractivity contribution in [3.05, 3.63) is 59.2 Å². The molecule has 0 saturated carbocycles. The number of nitrogens with one attached hydrogen (secondary N) is 1. The molecular formula is C13H8F4N2O. The molecule has 2 aromatic rings. The lowest BCUT2D eigenvalue weighted by Crippen LogP contribution is -2.17. The van der Waals surface area contributed by atoms with Gasteiger partial charge in [0.1, 0.15) is 28.7 Å². The number of carbonyl (C=O) groups excluding carboxylic acids is 1. The molecule has 0 aromatic heterocycles. The number of anilines is 2. The fourth-order valence-corrected chi connectivity index (χ4v) is 1.62. The van der Waals surface area contributed by atoms with E-state index in [1.807, 2.05) is 5.32 Å². The Bertz CT molecular complexity index is 645. The van der Waals surface area contributed by atoms with Crippen LogP contribution < -0.4 is 11.1 Å². The zero-order valence-corrected chi connectivity index (χ0v) is 9.88. The Morgan fingerprint density at radius 1 is 1.00 bits per heavy atom. The molecule has 1 amide bonds. The third-order valence-corrected chi connectivity index (χ3v) is 2.51. The van der Waals surface area contributed by atoms with E-state index < -0.39 is 46.1 Å². The molecule has 0 bridgehead atoms. The zero-order chi connectivity index (χ0) is 14.9. The fourth-order valence-electron chi connectivity index (χ4n) is 1.62. The van der Waals surface area contributed by atoms with Crippen molar-refractivity contribution in [2.75, 3.05) is 11.1 Å². The van der Waals surface area contributed by atoms with Gasteiger partial charge in [0.25, 0.3) is 5.91 Å². The highest BCUT2D eigenvalue weighted by molar-refractivity contribution is 6.06. The van der Waals surface area contributed by atoms with E-state index in [4.69, 9.17) is 5.73 Å². The van der Waals surface area contributed by atoms with E-state index in [0.717, 1.165) is 24.3 Å². The minimum Gasteiger partial charge on any atom is -0.397 e. The van der Waals surface area contributed by atoms with Gasteiger partial charge in [0.15, 0.2) is 5.82 Å². The van der Waals surface area contributed by atoms with Crippen molar-refractivity contribution in [3.8, 4) is 0 Å². The maximum absolute atomic E-state index is 13.5. The number of hydrogen-bond donors (Lipinski definition) is 2. The second kappa shape index (κ2) is 5.20. The summed E-state index contributed by atoms with van der Waals surface area (Å²) in [5, 5.41) is 1.92. The molecule has 3 N–H and O–H groups in total. The van der Waals surface area contributed by atoms with E-state index in [9.17, 15) is 22.4 Å². The summed E-state index contributed by atoms with van der Waals surface area (Å²) >= 11 is 0. The molecule has 0 spiro atoms. The summed E-state index contributed by atoms with van der Waals surface area (Å²) in [5.41, 5.74) is 3.53.